The highest BCUT2D eigenvalue weighted by molar-refractivity contribution is 5.77. The maximum absolute atomic E-state index is 13.4. The molecule has 4 rings (SSSR count). The summed E-state index contributed by atoms with van der Waals surface area (Å²) < 4.78 is 19.2. The van der Waals surface area contributed by atoms with E-state index in [0.717, 1.165) is 37.3 Å². The van der Waals surface area contributed by atoms with Gasteiger partial charge in [-0.15, -0.1) is 13.2 Å². The van der Waals surface area contributed by atoms with Crippen LogP contribution in [-0.2, 0) is 6.54 Å². The van der Waals surface area contributed by atoms with Crippen LogP contribution in [0, 0.1) is 5.82 Å². The van der Waals surface area contributed by atoms with Crippen LogP contribution in [0.25, 0.3) is 11.0 Å². The molecule has 8 heteroatoms. The summed E-state index contributed by atoms with van der Waals surface area (Å²) in [6.45, 7) is 12.9. The lowest BCUT2D eigenvalue weighted by atomic mass is 10.2. The number of anilines is 2. The van der Waals surface area contributed by atoms with E-state index >= 15 is 0 Å². The monoisotopic (exact) mass is 408 g/mol. The zero-order chi connectivity index (χ0) is 20.9. The van der Waals surface area contributed by atoms with Crippen molar-refractivity contribution in [3.8, 4) is 0 Å². The van der Waals surface area contributed by atoms with E-state index in [4.69, 9.17) is 4.42 Å². The van der Waals surface area contributed by atoms with E-state index in [2.05, 4.69) is 37.9 Å². The molecule has 7 nitrogen and oxygen atoms in total. The summed E-state index contributed by atoms with van der Waals surface area (Å²) >= 11 is 0. The molecule has 1 fully saturated rings. The molecule has 0 spiro atoms. The first-order valence-electron chi connectivity index (χ1n) is 9.97. The van der Waals surface area contributed by atoms with E-state index in [1.807, 2.05) is 23.1 Å². The van der Waals surface area contributed by atoms with Crippen molar-refractivity contribution in [3.05, 3.63) is 67.5 Å². The highest BCUT2D eigenvalue weighted by Crippen LogP contribution is 2.22. The number of rotatable bonds is 8. The zero-order valence-electron chi connectivity index (χ0n) is 16.9. The van der Waals surface area contributed by atoms with Gasteiger partial charge in [0.05, 0.1) is 6.54 Å². The van der Waals surface area contributed by atoms with Crippen molar-refractivity contribution in [3.63, 3.8) is 0 Å². The Morgan fingerprint density at radius 2 is 1.83 bits per heavy atom. The first kappa shape index (κ1) is 20.0. The van der Waals surface area contributed by atoms with Crippen molar-refractivity contribution in [2.45, 2.75) is 6.54 Å². The van der Waals surface area contributed by atoms with Gasteiger partial charge >= 0.3 is 0 Å². The van der Waals surface area contributed by atoms with Crippen molar-refractivity contribution in [1.29, 1.82) is 0 Å². The van der Waals surface area contributed by atoms with Crippen LogP contribution in [0.2, 0.25) is 0 Å². The van der Waals surface area contributed by atoms with Crippen molar-refractivity contribution < 1.29 is 8.81 Å². The third kappa shape index (κ3) is 4.49. The van der Waals surface area contributed by atoms with Crippen LogP contribution in [0.5, 0.6) is 0 Å². The molecule has 0 bridgehead atoms. The molecular weight excluding hydrogens is 383 g/mol. The third-order valence-corrected chi connectivity index (χ3v) is 5.09. The average molecular weight is 408 g/mol. The highest BCUT2D eigenvalue weighted by atomic mass is 19.1. The molecule has 3 aromatic rings. The van der Waals surface area contributed by atoms with E-state index in [1.165, 1.54) is 12.1 Å². The van der Waals surface area contributed by atoms with E-state index in [1.54, 1.807) is 12.4 Å². The van der Waals surface area contributed by atoms with Gasteiger partial charge in [-0.1, -0.05) is 12.2 Å². The van der Waals surface area contributed by atoms with Crippen LogP contribution >= 0.6 is 0 Å². The van der Waals surface area contributed by atoms with Crippen molar-refractivity contribution in [2.75, 3.05) is 49.1 Å². The molecule has 0 N–H and O–H groups in total. The molecule has 0 amide bonds. The quantitative estimate of drug-likeness (QED) is 0.530. The SMILES string of the molecule is C=CCN(CC=C)c1ncnc(N2CCN(Cc3cc4cc(F)ccc4o3)CC2)n1. The van der Waals surface area contributed by atoms with Gasteiger partial charge in [-0.2, -0.15) is 4.98 Å². The summed E-state index contributed by atoms with van der Waals surface area (Å²) in [6.07, 6.45) is 5.19. The van der Waals surface area contributed by atoms with E-state index in [9.17, 15) is 4.39 Å². The fourth-order valence-electron chi connectivity index (χ4n) is 3.61. The van der Waals surface area contributed by atoms with Gasteiger partial charge in [0.1, 0.15) is 23.5 Å². The van der Waals surface area contributed by atoms with E-state index in [-0.39, 0.29) is 5.82 Å². The zero-order valence-corrected chi connectivity index (χ0v) is 16.9. The van der Waals surface area contributed by atoms with Gasteiger partial charge in [-0.3, -0.25) is 4.90 Å². The lowest BCUT2D eigenvalue weighted by molar-refractivity contribution is 0.232. The third-order valence-electron chi connectivity index (χ3n) is 5.09. The topological polar surface area (TPSA) is 61.5 Å². The fourth-order valence-corrected chi connectivity index (χ4v) is 3.61. The number of furan rings is 1. The Hall–Kier alpha value is -3.26. The lowest BCUT2D eigenvalue weighted by Crippen LogP contribution is -2.46. The van der Waals surface area contributed by atoms with Gasteiger partial charge in [0.2, 0.25) is 11.9 Å². The summed E-state index contributed by atoms with van der Waals surface area (Å²) in [7, 11) is 0. The van der Waals surface area contributed by atoms with Crippen molar-refractivity contribution in [2.24, 2.45) is 0 Å². The second-order valence-corrected chi connectivity index (χ2v) is 7.23. The molecule has 2 aromatic heterocycles. The number of piperazine rings is 1. The molecule has 1 aliphatic rings. The van der Waals surface area contributed by atoms with Gasteiger partial charge in [-0.25, -0.2) is 14.4 Å². The molecule has 0 radical (unpaired) electrons. The maximum Gasteiger partial charge on any atom is 0.230 e. The van der Waals surface area contributed by atoms with Crippen molar-refractivity contribution in [1.82, 2.24) is 19.9 Å². The van der Waals surface area contributed by atoms with Gasteiger partial charge in [-0.05, 0) is 24.3 Å². The average Bonchev–Trinajstić information content (AvgIpc) is 3.15. The number of halogens is 1. The Kier molecular flexibility index (Phi) is 6.04. The fraction of sp³-hybridized carbons (Fsp3) is 0.318. The summed E-state index contributed by atoms with van der Waals surface area (Å²) in [5.74, 6) is 1.89. The molecule has 1 saturated heterocycles. The van der Waals surface area contributed by atoms with Gasteiger partial charge in [0, 0.05) is 44.7 Å². The lowest BCUT2D eigenvalue weighted by Gasteiger charge is -2.34. The molecule has 0 atom stereocenters. The van der Waals surface area contributed by atoms with E-state index < -0.39 is 0 Å². The Morgan fingerprint density at radius 3 is 2.57 bits per heavy atom. The van der Waals surface area contributed by atoms with Crippen LogP contribution in [0.4, 0.5) is 16.3 Å². The van der Waals surface area contributed by atoms with Crippen LogP contribution < -0.4 is 9.80 Å². The first-order chi connectivity index (χ1) is 14.7. The molecule has 0 saturated carbocycles. The number of nitrogens with zero attached hydrogens (tertiary/aromatic N) is 6. The predicted octanol–water partition coefficient (Wildman–Crippen LogP) is 3.26. The molecule has 3 heterocycles. The minimum Gasteiger partial charge on any atom is -0.460 e. The summed E-state index contributed by atoms with van der Waals surface area (Å²) in [5, 5.41) is 0.796. The minimum atomic E-state index is -0.250. The molecule has 156 valence electrons. The Balaban J connectivity index is 1.38. The Labute approximate surface area is 175 Å². The normalized spacial score (nSPS) is 14.8. The number of hydrogen-bond donors (Lipinski definition) is 0. The summed E-state index contributed by atoms with van der Waals surface area (Å²) in [6, 6.07) is 6.51. The first-order valence-corrected chi connectivity index (χ1v) is 9.97. The van der Waals surface area contributed by atoms with Crippen LogP contribution in [0.1, 0.15) is 5.76 Å². The molecule has 30 heavy (non-hydrogen) atoms. The van der Waals surface area contributed by atoms with Crippen LogP contribution in [-0.4, -0.2) is 59.1 Å². The van der Waals surface area contributed by atoms with Gasteiger partial charge in [0.25, 0.3) is 0 Å². The van der Waals surface area contributed by atoms with Gasteiger partial charge < -0.3 is 14.2 Å². The molecule has 0 unspecified atom stereocenters. The molecule has 0 aliphatic carbocycles. The Bertz CT molecular complexity index is 1020. The summed E-state index contributed by atoms with van der Waals surface area (Å²) in [4.78, 5) is 19.8. The predicted molar refractivity (Wildman–Crippen MR) is 116 cm³/mol. The largest absolute Gasteiger partial charge is 0.460 e. The number of fused-ring (bicyclic) bond motifs is 1. The maximum atomic E-state index is 13.4. The number of benzene rings is 1. The minimum absolute atomic E-state index is 0.250. The van der Waals surface area contributed by atoms with Gasteiger partial charge in [0.15, 0.2) is 0 Å². The number of aromatic nitrogens is 3. The molecular formula is C22H25FN6O. The van der Waals surface area contributed by atoms with Crippen LogP contribution in [0.3, 0.4) is 0 Å². The smallest absolute Gasteiger partial charge is 0.230 e. The second kappa shape index (κ2) is 9.04. The van der Waals surface area contributed by atoms with Crippen LogP contribution in [0.15, 0.2) is 60.3 Å². The molecule has 1 aliphatic heterocycles. The second-order valence-electron chi connectivity index (χ2n) is 7.23. The van der Waals surface area contributed by atoms with E-state index in [0.29, 0.717) is 37.1 Å². The Morgan fingerprint density at radius 1 is 1.07 bits per heavy atom. The standard InChI is InChI=1S/C22H25FN6O/c1-3-7-28(8-4-2)21-24-16-25-22(26-21)29-11-9-27(10-12-29)15-19-14-17-13-18(23)5-6-20(17)30-19/h3-6,13-14,16H,1-2,7-12,15H2. The van der Waals surface area contributed by atoms with Crippen molar-refractivity contribution >= 4 is 22.9 Å². The summed E-state index contributed by atoms with van der Waals surface area (Å²) in [5.41, 5.74) is 0.714. The highest BCUT2D eigenvalue weighted by Gasteiger charge is 2.21. The molecule has 1 aromatic carbocycles. The number of hydrogen-bond acceptors (Lipinski definition) is 7.